The van der Waals surface area contributed by atoms with E-state index in [1.807, 2.05) is 30.3 Å². The molecule has 3 aromatic carbocycles. The van der Waals surface area contributed by atoms with Gasteiger partial charge in [0.15, 0.2) is 0 Å². The van der Waals surface area contributed by atoms with Crippen molar-refractivity contribution in [2.75, 3.05) is 0 Å². The number of aryl methyl sites for hydroxylation is 2. The first kappa shape index (κ1) is 20.9. The van der Waals surface area contributed by atoms with Crippen molar-refractivity contribution in [2.45, 2.75) is 20.4 Å². The van der Waals surface area contributed by atoms with Crippen molar-refractivity contribution in [3.8, 4) is 0 Å². The summed E-state index contributed by atoms with van der Waals surface area (Å²) in [7, 11) is 0. The molecule has 168 valence electrons. The second-order valence-electron chi connectivity index (χ2n) is 9.80. The van der Waals surface area contributed by atoms with E-state index in [1.165, 1.54) is 27.2 Å². The van der Waals surface area contributed by atoms with Gasteiger partial charge in [0.25, 0.3) is 0 Å². The number of nitrogens with zero attached hydrogens (tertiary/aromatic N) is 1. The van der Waals surface area contributed by atoms with Crippen LogP contribution in [0.3, 0.4) is 0 Å². The van der Waals surface area contributed by atoms with E-state index in [2.05, 4.69) is 74.5 Å². The number of rotatable bonds is 4. The van der Waals surface area contributed by atoms with Crippen LogP contribution in [0, 0.1) is 37.5 Å². The average Bonchev–Trinajstić information content (AvgIpc) is 3.48. The van der Waals surface area contributed by atoms with Gasteiger partial charge in [-0.05, 0) is 41.7 Å². The van der Waals surface area contributed by atoms with Gasteiger partial charge in [0.2, 0.25) is 11.8 Å². The van der Waals surface area contributed by atoms with Gasteiger partial charge < -0.3 is 0 Å². The number of carbonyl (C=O) groups excluding carboxylic acids is 2. The first-order chi connectivity index (χ1) is 16.5. The molecule has 1 saturated carbocycles. The molecule has 34 heavy (non-hydrogen) atoms. The monoisotopic (exact) mass is 445 g/mol. The summed E-state index contributed by atoms with van der Waals surface area (Å²) in [5.41, 5.74) is 8.09. The summed E-state index contributed by atoms with van der Waals surface area (Å²) in [6.45, 7) is 4.53. The molecule has 1 saturated heterocycles. The van der Waals surface area contributed by atoms with Gasteiger partial charge in [-0.25, -0.2) is 0 Å². The van der Waals surface area contributed by atoms with Crippen LogP contribution >= 0.6 is 0 Å². The third kappa shape index (κ3) is 3.19. The second-order valence-corrected chi connectivity index (χ2v) is 9.80. The summed E-state index contributed by atoms with van der Waals surface area (Å²) in [4.78, 5) is 28.6. The SMILES string of the molecule is Cc1ccc(C(=C2[C@H]3C=C[C@H]2[C@@H]2C(=O)N(Cc4ccccc4)C(=O)[C@H]23)c2ccc(C)cc2)cc1. The van der Waals surface area contributed by atoms with Gasteiger partial charge in [0.1, 0.15) is 0 Å². The van der Waals surface area contributed by atoms with Crippen molar-refractivity contribution in [3.63, 3.8) is 0 Å². The summed E-state index contributed by atoms with van der Waals surface area (Å²) in [5.74, 6) is -0.727. The van der Waals surface area contributed by atoms with Crippen molar-refractivity contribution < 1.29 is 9.59 Å². The number of amides is 2. The second kappa shape index (κ2) is 7.95. The molecule has 0 N–H and O–H groups in total. The molecule has 1 aliphatic heterocycles. The summed E-state index contributed by atoms with van der Waals surface area (Å²) < 4.78 is 0. The van der Waals surface area contributed by atoms with Crippen LogP contribution in [-0.4, -0.2) is 16.7 Å². The summed E-state index contributed by atoms with van der Waals surface area (Å²) >= 11 is 0. The molecule has 3 aromatic rings. The van der Waals surface area contributed by atoms with Crippen LogP contribution in [0.1, 0.15) is 27.8 Å². The van der Waals surface area contributed by atoms with Crippen molar-refractivity contribution in [2.24, 2.45) is 23.7 Å². The highest BCUT2D eigenvalue weighted by Gasteiger charge is 2.62. The number of hydrogen-bond acceptors (Lipinski definition) is 2. The Balaban J connectivity index is 1.44. The van der Waals surface area contributed by atoms with Crippen molar-refractivity contribution in [1.29, 1.82) is 0 Å². The van der Waals surface area contributed by atoms with Crippen molar-refractivity contribution >= 4 is 17.4 Å². The molecule has 3 aliphatic rings. The molecule has 2 amide bonds. The molecule has 0 aromatic heterocycles. The van der Waals surface area contributed by atoms with E-state index in [0.29, 0.717) is 6.54 Å². The topological polar surface area (TPSA) is 37.4 Å². The smallest absolute Gasteiger partial charge is 0.234 e. The van der Waals surface area contributed by atoms with E-state index >= 15 is 0 Å². The van der Waals surface area contributed by atoms with Crippen molar-refractivity contribution in [1.82, 2.24) is 4.90 Å². The van der Waals surface area contributed by atoms with Crippen LogP contribution in [0.15, 0.2) is 96.6 Å². The van der Waals surface area contributed by atoms with E-state index in [9.17, 15) is 9.59 Å². The highest BCUT2D eigenvalue weighted by Crippen LogP contribution is 2.58. The number of fused-ring (bicyclic) bond motifs is 5. The van der Waals surface area contributed by atoms with Crippen LogP contribution in [0.4, 0.5) is 0 Å². The third-order valence-electron chi connectivity index (χ3n) is 7.66. The molecule has 3 nitrogen and oxygen atoms in total. The molecular formula is C31H27NO2. The zero-order valence-electron chi connectivity index (χ0n) is 19.4. The van der Waals surface area contributed by atoms with Crippen LogP contribution in [0.25, 0.3) is 5.57 Å². The molecule has 0 spiro atoms. The number of hydrogen-bond donors (Lipinski definition) is 0. The largest absolute Gasteiger partial charge is 0.278 e. The minimum absolute atomic E-state index is 0.0274. The molecule has 2 fully saturated rings. The number of allylic oxidation sites excluding steroid dienone is 3. The van der Waals surface area contributed by atoms with E-state index < -0.39 is 0 Å². The fraction of sp³-hybridized carbons (Fsp3) is 0.226. The normalized spacial score (nSPS) is 24.8. The minimum Gasteiger partial charge on any atom is -0.278 e. The van der Waals surface area contributed by atoms with Crippen LogP contribution in [0.2, 0.25) is 0 Å². The Labute approximate surface area is 200 Å². The van der Waals surface area contributed by atoms with E-state index in [-0.39, 0.29) is 35.5 Å². The standard InChI is InChI=1S/C31H27NO2/c1-19-8-12-22(13-9-19)26(23-14-10-20(2)11-15-23)27-24-16-17-25(27)29-28(24)30(33)32(31(29)34)18-21-6-4-3-5-7-21/h3-17,24-25,28-29H,18H2,1-2H3/t24-,25-,28+,29+/m1/s1. The maximum Gasteiger partial charge on any atom is 0.234 e. The predicted octanol–water partition coefficient (Wildman–Crippen LogP) is 5.72. The minimum atomic E-state index is -0.299. The average molecular weight is 446 g/mol. The molecule has 2 bridgehead atoms. The van der Waals surface area contributed by atoms with Gasteiger partial charge in [0, 0.05) is 11.8 Å². The molecule has 1 heterocycles. The fourth-order valence-corrected chi connectivity index (χ4v) is 6.02. The third-order valence-corrected chi connectivity index (χ3v) is 7.66. The lowest BCUT2D eigenvalue weighted by atomic mass is 9.85. The maximum absolute atomic E-state index is 13.6. The predicted molar refractivity (Wildman–Crippen MR) is 133 cm³/mol. The number of likely N-dealkylation sites (tertiary alicyclic amines) is 1. The number of carbonyl (C=O) groups is 2. The lowest BCUT2D eigenvalue weighted by Crippen LogP contribution is -2.32. The lowest BCUT2D eigenvalue weighted by Gasteiger charge is -2.22. The molecule has 2 aliphatic carbocycles. The van der Waals surface area contributed by atoms with Gasteiger partial charge >= 0.3 is 0 Å². The highest BCUT2D eigenvalue weighted by atomic mass is 16.2. The van der Waals surface area contributed by atoms with Crippen LogP contribution in [0.5, 0.6) is 0 Å². The van der Waals surface area contributed by atoms with E-state index in [0.717, 1.165) is 16.7 Å². The highest BCUT2D eigenvalue weighted by molar-refractivity contribution is 6.08. The Kier molecular flexibility index (Phi) is 4.88. The molecule has 0 radical (unpaired) electrons. The molecule has 0 unspecified atom stereocenters. The number of imide groups is 1. The maximum atomic E-state index is 13.6. The van der Waals surface area contributed by atoms with Gasteiger partial charge in [-0.15, -0.1) is 0 Å². The quantitative estimate of drug-likeness (QED) is 0.380. The van der Waals surface area contributed by atoms with E-state index in [4.69, 9.17) is 0 Å². The Hall–Kier alpha value is -3.72. The van der Waals surface area contributed by atoms with Gasteiger partial charge in [-0.2, -0.15) is 0 Å². The van der Waals surface area contributed by atoms with Crippen LogP contribution in [-0.2, 0) is 16.1 Å². The molecule has 3 heteroatoms. The molecular weight excluding hydrogens is 418 g/mol. The first-order valence-electron chi connectivity index (χ1n) is 12.0. The zero-order valence-corrected chi connectivity index (χ0v) is 19.4. The van der Waals surface area contributed by atoms with Gasteiger partial charge in [-0.1, -0.05) is 102 Å². The molecule has 6 rings (SSSR count). The van der Waals surface area contributed by atoms with Gasteiger partial charge in [0.05, 0.1) is 18.4 Å². The number of benzene rings is 3. The fourth-order valence-electron chi connectivity index (χ4n) is 6.02. The Morgan fingerprint density at radius 1 is 0.676 bits per heavy atom. The first-order valence-corrected chi connectivity index (χ1v) is 12.0. The lowest BCUT2D eigenvalue weighted by molar-refractivity contribution is -0.141. The Morgan fingerprint density at radius 2 is 1.15 bits per heavy atom. The Morgan fingerprint density at radius 3 is 1.62 bits per heavy atom. The Bertz CT molecular complexity index is 1250. The molecule has 4 atom stereocenters. The summed E-state index contributed by atoms with van der Waals surface area (Å²) in [5, 5.41) is 0. The van der Waals surface area contributed by atoms with Gasteiger partial charge in [-0.3, -0.25) is 14.5 Å². The van der Waals surface area contributed by atoms with Crippen LogP contribution < -0.4 is 0 Å². The van der Waals surface area contributed by atoms with Crippen molar-refractivity contribution in [3.05, 3.63) is 124 Å². The van der Waals surface area contributed by atoms with E-state index in [1.54, 1.807) is 0 Å². The summed E-state index contributed by atoms with van der Waals surface area (Å²) in [6.07, 6.45) is 4.33. The summed E-state index contributed by atoms with van der Waals surface area (Å²) in [6, 6.07) is 27.0. The zero-order chi connectivity index (χ0) is 23.4.